The molecule has 3 aromatic rings. The van der Waals surface area contributed by atoms with Gasteiger partial charge in [-0.3, -0.25) is 20.4 Å². The van der Waals surface area contributed by atoms with Crippen LogP contribution in [0.2, 0.25) is 0 Å². The number of halogens is 2. The molecule has 1 aliphatic rings. The minimum atomic E-state index is -0.584. The molecule has 0 spiro atoms. The van der Waals surface area contributed by atoms with Crippen LogP contribution in [0, 0.1) is 17.6 Å². The van der Waals surface area contributed by atoms with E-state index in [1.807, 2.05) is 0 Å². The second-order valence-electron chi connectivity index (χ2n) is 7.75. The molecule has 1 heterocycles. The predicted molar refractivity (Wildman–Crippen MR) is 122 cm³/mol. The second kappa shape index (κ2) is 10.2. The molecule has 1 aliphatic heterocycles. The number of hydrazine groups is 1. The van der Waals surface area contributed by atoms with Gasteiger partial charge in [-0.05, 0) is 54.1 Å². The Labute approximate surface area is 195 Å². The van der Waals surface area contributed by atoms with Gasteiger partial charge in [-0.1, -0.05) is 18.2 Å². The summed E-state index contributed by atoms with van der Waals surface area (Å²) in [5, 5.41) is 0. The Bertz CT molecular complexity index is 1170. The highest BCUT2D eigenvalue weighted by atomic mass is 19.1. The lowest BCUT2D eigenvalue weighted by molar-refractivity contribution is -0.125. The summed E-state index contributed by atoms with van der Waals surface area (Å²) in [4.78, 5) is 26.6. The molecule has 2 N–H and O–H groups in total. The number of nitrogens with one attached hydrogen (secondary N) is 2. The van der Waals surface area contributed by atoms with Crippen molar-refractivity contribution < 1.29 is 27.8 Å². The van der Waals surface area contributed by atoms with Gasteiger partial charge in [0.2, 0.25) is 11.8 Å². The minimum absolute atomic E-state index is 0.0386. The number of ether oxygens (including phenoxy) is 2. The Balaban J connectivity index is 1.40. The van der Waals surface area contributed by atoms with Crippen LogP contribution in [-0.4, -0.2) is 25.5 Å². The van der Waals surface area contributed by atoms with Crippen LogP contribution in [0.3, 0.4) is 0 Å². The first kappa shape index (κ1) is 23.0. The molecule has 34 heavy (non-hydrogen) atoms. The summed E-state index contributed by atoms with van der Waals surface area (Å²) >= 11 is 0. The van der Waals surface area contributed by atoms with Gasteiger partial charge in [-0.2, -0.15) is 0 Å². The number of benzene rings is 3. The molecule has 2 amide bonds. The number of amides is 2. The molecule has 0 bridgehead atoms. The van der Waals surface area contributed by atoms with E-state index in [1.165, 1.54) is 48.4 Å². The third kappa shape index (κ3) is 5.25. The summed E-state index contributed by atoms with van der Waals surface area (Å²) in [6.07, 6.45) is 0.0386. The van der Waals surface area contributed by atoms with Crippen LogP contribution in [0.1, 0.15) is 12.0 Å². The molecule has 1 atom stereocenters. The lowest BCUT2D eigenvalue weighted by atomic mass is 10.1. The van der Waals surface area contributed by atoms with Gasteiger partial charge in [-0.15, -0.1) is 0 Å². The lowest BCUT2D eigenvalue weighted by Gasteiger charge is -2.18. The van der Waals surface area contributed by atoms with Gasteiger partial charge in [0.15, 0.2) is 11.5 Å². The van der Waals surface area contributed by atoms with E-state index in [0.29, 0.717) is 22.9 Å². The summed E-state index contributed by atoms with van der Waals surface area (Å²) in [6.45, 7) is 0.344. The first-order chi connectivity index (χ1) is 16.4. The molecule has 0 aromatic heterocycles. The molecule has 7 nitrogen and oxygen atoms in total. The van der Waals surface area contributed by atoms with E-state index in [2.05, 4.69) is 10.9 Å². The molecule has 1 fully saturated rings. The van der Waals surface area contributed by atoms with Crippen molar-refractivity contribution in [3.63, 3.8) is 0 Å². The van der Waals surface area contributed by atoms with E-state index in [-0.39, 0.29) is 37.2 Å². The van der Waals surface area contributed by atoms with Crippen LogP contribution in [-0.2, 0) is 16.2 Å². The van der Waals surface area contributed by atoms with Crippen molar-refractivity contribution in [3.8, 4) is 11.5 Å². The van der Waals surface area contributed by atoms with Gasteiger partial charge in [0, 0.05) is 18.7 Å². The van der Waals surface area contributed by atoms with Crippen molar-refractivity contribution in [1.29, 1.82) is 0 Å². The summed E-state index contributed by atoms with van der Waals surface area (Å²) in [7, 11) is 1.50. The number of methoxy groups -OCH3 is 1. The highest BCUT2D eigenvalue weighted by Gasteiger charge is 2.35. The highest BCUT2D eigenvalue weighted by molar-refractivity contribution is 6.00. The van der Waals surface area contributed by atoms with Crippen LogP contribution < -0.4 is 25.2 Å². The number of carbonyl (C=O) groups is 2. The van der Waals surface area contributed by atoms with E-state index in [4.69, 9.17) is 9.47 Å². The Morgan fingerprint density at radius 1 is 1.03 bits per heavy atom. The van der Waals surface area contributed by atoms with Crippen LogP contribution in [0.15, 0.2) is 66.7 Å². The van der Waals surface area contributed by atoms with E-state index < -0.39 is 11.7 Å². The third-order valence-electron chi connectivity index (χ3n) is 5.45. The molecular formula is C25H23F2N3O4. The third-order valence-corrected chi connectivity index (χ3v) is 5.45. The van der Waals surface area contributed by atoms with Crippen molar-refractivity contribution in [2.45, 2.75) is 13.0 Å². The number of para-hydroxylation sites is 1. The number of hydrogen-bond acceptors (Lipinski definition) is 5. The first-order valence-corrected chi connectivity index (χ1v) is 10.6. The van der Waals surface area contributed by atoms with Crippen molar-refractivity contribution in [1.82, 2.24) is 5.43 Å². The van der Waals surface area contributed by atoms with Crippen LogP contribution in [0.5, 0.6) is 11.5 Å². The second-order valence-corrected chi connectivity index (χ2v) is 7.75. The average Bonchev–Trinajstić information content (AvgIpc) is 3.24. The highest BCUT2D eigenvalue weighted by Crippen LogP contribution is 2.35. The Morgan fingerprint density at radius 3 is 2.38 bits per heavy atom. The molecule has 0 unspecified atom stereocenters. The fourth-order valence-electron chi connectivity index (χ4n) is 3.64. The smallest absolute Gasteiger partial charge is 0.243 e. The Kier molecular flexibility index (Phi) is 6.91. The summed E-state index contributed by atoms with van der Waals surface area (Å²) < 4.78 is 37.6. The SMILES string of the molecule is COc1cccc(NNC(=O)[C@H]2CC(=O)N(c3ccc(F)cc3)C2)c1OCc1ccc(F)cc1. The van der Waals surface area contributed by atoms with Gasteiger partial charge < -0.3 is 14.4 Å². The largest absolute Gasteiger partial charge is 0.493 e. The zero-order valence-electron chi connectivity index (χ0n) is 18.4. The number of anilines is 2. The molecule has 4 rings (SSSR count). The normalized spacial score (nSPS) is 15.2. The van der Waals surface area contributed by atoms with Crippen molar-refractivity contribution in [2.24, 2.45) is 5.92 Å². The predicted octanol–water partition coefficient (Wildman–Crippen LogP) is 4.05. The maximum atomic E-state index is 13.2. The van der Waals surface area contributed by atoms with Crippen LogP contribution in [0.4, 0.5) is 20.2 Å². The van der Waals surface area contributed by atoms with E-state index in [0.717, 1.165) is 5.56 Å². The number of hydrogen-bond donors (Lipinski definition) is 2. The maximum absolute atomic E-state index is 13.2. The zero-order valence-corrected chi connectivity index (χ0v) is 18.4. The first-order valence-electron chi connectivity index (χ1n) is 10.6. The molecule has 0 aliphatic carbocycles. The van der Waals surface area contributed by atoms with Gasteiger partial charge in [0.1, 0.15) is 18.2 Å². The topological polar surface area (TPSA) is 79.9 Å². The average molecular weight is 467 g/mol. The summed E-state index contributed by atoms with van der Waals surface area (Å²) in [5.74, 6) is -1.09. The van der Waals surface area contributed by atoms with Gasteiger partial charge in [0.05, 0.1) is 18.7 Å². The molecule has 9 heteroatoms. The molecule has 3 aromatic carbocycles. The molecule has 1 saturated heterocycles. The fraction of sp³-hybridized carbons (Fsp3) is 0.200. The minimum Gasteiger partial charge on any atom is -0.493 e. The van der Waals surface area contributed by atoms with Crippen LogP contribution in [0.25, 0.3) is 0 Å². The maximum Gasteiger partial charge on any atom is 0.243 e. The summed E-state index contributed by atoms with van der Waals surface area (Å²) in [6, 6.07) is 16.6. The van der Waals surface area contributed by atoms with Gasteiger partial charge >= 0.3 is 0 Å². The van der Waals surface area contributed by atoms with E-state index >= 15 is 0 Å². The number of rotatable bonds is 8. The fourth-order valence-corrected chi connectivity index (χ4v) is 3.64. The van der Waals surface area contributed by atoms with E-state index in [1.54, 1.807) is 30.3 Å². The quantitative estimate of drug-likeness (QED) is 0.489. The Morgan fingerprint density at radius 2 is 1.71 bits per heavy atom. The molecule has 176 valence electrons. The lowest BCUT2D eigenvalue weighted by Crippen LogP contribution is -2.36. The number of nitrogens with zero attached hydrogens (tertiary/aromatic N) is 1. The Hall–Kier alpha value is -4.14. The standard InChI is InChI=1S/C25H23F2N3O4/c1-33-22-4-2-3-21(24(22)34-15-16-5-7-18(26)8-6-16)28-29-25(32)17-13-23(31)30(14-17)20-11-9-19(27)10-12-20/h2-12,17,28H,13-15H2,1H3,(H,29,32)/t17-/m0/s1. The molecular weight excluding hydrogens is 444 g/mol. The van der Waals surface area contributed by atoms with E-state index in [9.17, 15) is 18.4 Å². The van der Waals surface area contributed by atoms with Crippen molar-refractivity contribution in [3.05, 3.63) is 83.9 Å². The van der Waals surface area contributed by atoms with Crippen molar-refractivity contribution >= 4 is 23.2 Å². The van der Waals surface area contributed by atoms with Crippen LogP contribution >= 0.6 is 0 Å². The van der Waals surface area contributed by atoms with Crippen molar-refractivity contribution in [2.75, 3.05) is 24.0 Å². The van der Waals surface area contributed by atoms with Gasteiger partial charge in [0.25, 0.3) is 0 Å². The van der Waals surface area contributed by atoms with Gasteiger partial charge in [-0.25, -0.2) is 8.78 Å². The number of carbonyl (C=O) groups excluding carboxylic acids is 2. The molecule has 0 saturated carbocycles. The molecule has 0 radical (unpaired) electrons. The zero-order chi connectivity index (χ0) is 24.1. The summed E-state index contributed by atoms with van der Waals surface area (Å²) in [5.41, 5.74) is 7.22. The monoisotopic (exact) mass is 467 g/mol.